The molecule has 2 aromatic rings. The van der Waals surface area contributed by atoms with Gasteiger partial charge in [0.2, 0.25) is 5.91 Å². The van der Waals surface area contributed by atoms with Crippen LogP contribution in [0.3, 0.4) is 0 Å². The lowest BCUT2D eigenvalue weighted by Crippen LogP contribution is -2.34. The molecule has 0 radical (unpaired) electrons. The molecule has 34 heavy (non-hydrogen) atoms. The van der Waals surface area contributed by atoms with Crippen LogP contribution in [-0.4, -0.2) is 54.5 Å². The molecular weight excluding hydrogens is 432 g/mol. The zero-order chi connectivity index (χ0) is 24.3. The van der Waals surface area contributed by atoms with Gasteiger partial charge in [-0.15, -0.1) is 0 Å². The molecule has 1 fully saturated rings. The maximum Gasteiger partial charge on any atom is 0.338 e. The minimum atomic E-state index is -1.09. The van der Waals surface area contributed by atoms with Crippen LogP contribution in [0.4, 0.5) is 5.69 Å². The van der Waals surface area contributed by atoms with E-state index < -0.39 is 18.7 Å². The molecule has 7 heteroatoms. The summed E-state index contributed by atoms with van der Waals surface area (Å²) in [4.78, 5) is 27.4. The molecule has 0 spiro atoms. The molecule has 184 valence electrons. The molecule has 7 nitrogen and oxygen atoms in total. The van der Waals surface area contributed by atoms with Crippen LogP contribution in [0.15, 0.2) is 48.5 Å². The van der Waals surface area contributed by atoms with Crippen LogP contribution < -0.4 is 10.2 Å². The molecule has 0 aliphatic carbocycles. The van der Waals surface area contributed by atoms with Crippen molar-refractivity contribution in [1.29, 1.82) is 0 Å². The van der Waals surface area contributed by atoms with E-state index in [1.54, 1.807) is 24.3 Å². The second-order valence-electron chi connectivity index (χ2n) is 8.82. The van der Waals surface area contributed by atoms with Crippen LogP contribution in [0.1, 0.15) is 66.6 Å². The van der Waals surface area contributed by atoms with Crippen molar-refractivity contribution in [2.45, 2.75) is 57.6 Å². The third kappa shape index (κ3) is 7.30. The van der Waals surface area contributed by atoms with E-state index in [0.29, 0.717) is 5.56 Å². The third-order valence-electron chi connectivity index (χ3n) is 6.09. The molecule has 2 unspecified atom stereocenters. The standard InChI is InChI=1S/C27H36N2O5/c1-2-8-24(23-9-4-5-10-25(23)29-15-6-3-7-16-29)28-26(32)17-20-11-13-21(14-12-20)27(33)34-19-22(31)18-30/h4-5,9-14,22,24,30-31H,2-3,6-8,15-19H2,1H3,(H,28,32). The van der Waals surface area contributed by atoms with Crippen LogP contribution in [0.25, 0.3) is 0 Å². The predicted molar refractivity (Wildman–Crippen MR) is 132 cm³/mol. The second-order valence-corrected chi connectivity index (χ2v) is 8.82. The number of nitrogens with one attached hydrogen (secondary N) is 1. The zero-order valence-corrected chi connectivity index (χ0v) is 19.9. The first-order chi connectivity index (χ1) is 16.5. The molecule has 1 amide bonds. The Balaban J connectivity index is 1.63. The Morgan fingerprint density at radius 3 is 2.44 bits per heavy atom. The Hall–Kier alpha value is -2.90. The maximum atomic E-state index is 12.9. The Labute approximate surface area is 201 Å². The first kappa shape index (κ1) is 25.7. The summed E-state index contributed by atoms with van der Waals surface area (Å²) in [6.07, 6.45) is 4.61. The Morgan fingerprint density at radius 2 is 1.76 bits per heavy atom. The molecule has 0 aromatic heterocycles. The van der Waals surface area contributed by atoms with Gasteiger partial charge in [0.25, 0.3) is 0 Å². The zero-order valence-electron chi connectivity index (χ0n) is 19.9. The molecule has 2 atom stereocenters. The summed E-state index contributed by atoms with van der Waals surface area (Å²) in [6.45, 7) is 3.50. The van der Waals surface area contributed by atoms with Gasteiger partial charge in [0.1, 0.15) is 12.7 Å². The molecule has 1 aliphatic rings. The number of carbonyl (C=O) groups is 2. The van der Waals surface area contributed by atoms with Crippen molar-refractivity contribution in [2.24, 2.45) is 0 Å². The molecule has 0 bridgehead atoms. The van der Waals surface area contributed by atoms with Crippen LogP contribution in [0.2, 0.25) is 0 Å². The Morgan fingerprint density at radius 1 is 1.06 bits per heavy atom. The summed E-state index contributed by atoms with van der Waals surface area (Å²) in [5.41, 5.74) is 3.51. The number of carbonyl (C=O) groups excluding carboxylic acids is 2. The van der Waals surface area contributed by atoms with E-state index in [2.05, 4.69) is 35.3 Å². The van der Waals surface area contributed by atoms with Gasteiger partial charge < -0.3 is 25.2 Å². The van der Waals surface area contributed by atoms with E-state index in [9.17, 15) is 14.7 Å². The minimum Gasteiger partial charge on any atom is -0.459 e. The van der Waals surface area contributed by atoms with Gasteiger partial charge >= 0.3 is 5.97 Å². The number of piperidine rings is 1. The van der Waals surface area contributed by atoms with Crippen molar-refractivity contribution in [3.8, 4) is 0 Å². The molecule has 1 aliphatic heterocycles. The van der Waals surface area contributed by atoms with Crippen molar-refractivity contribution < 1.29 is 24.5 Å². The number of amides is 1. The molecule has 1 saturated heterocycles. The van der Waals surface area contributed by atoms with E-state index >= 15 is 0 Å². The summed E-state index contributed by atoms with van der Waals surface area (Å²) >= 11 is 0. The predicted octanol–water partition coefficient (Wildman–Crippen LogP) is 3.39. The van der Waals surface area contributed by atoms with Gasteiger partial charge in [0, 0.05) is 18.8 Å². The number of hydrogen-bond acceptors (Lipinski definition) is 6. The van der Waals surface area contributed by atoms with Crippen LogP contribution >= 0.6 is 0 Å². The van der Waals surface area contributed by atoms with Gasteiger partial charge in [0.15, 0.2) is 0 Å². The fourth-order valence-electron chi connectivity index (χ4n) is 4.30. The van der Waals surface area contributed by atoms with Gasteiger partial charge in [-0.05, 0) is 55.0 Å². The average molecular weight is 469 g/mol. The molecule has 0 saturated carbocycles. The second kappa shape index (κ2) is 13.1. The lowest BCUT2D eigenvalue weighted by molar-refractivity contribution is -0.121. The highest BCUT2D eigenvalue weighted by Crippen LogP contribution is 2.31. The van der Waals surface area contributed by atoms with Crippen LogP contribution in [-0.2, 0) is 16.0 Å². The van der Waals surface area contributed by atoms with Crippen molar-refractivity contribution in [1.82, 2.24) is 5.32 Å². The number of ether oxygens (including phenoxy) is 1. The van der Waals surface area contributed by atoms with Crippen molar-refractivity contribution in [3.05, 3.63) is 65.2 Å². The molecule has 2 aromatic carbocycles. The Bertz CT molecular complexity index is 925. The topological polar surface area (TPSA) is 99.1 Å². The fourth-order valence-corrected chi connectivity index (χ4v) is 4.30. The number of anilines is 1. The number of aliphatic hydroxyl groups is 2. The highest BCUT2D eigenvalue weighted by Gasteiger charge is 2.21. The van der Waals surface area contributed by atoms with Crippen molar-refractivity contribution >= 4 is 17.6 Å². The molecule has 3 N–H and O–H groups in total. The van der Waals surface area contributed by atoms with Gasteiger partial charge in [-0.2, -0.15) is 0 Å². The summed E-state index contributed by atoms with van der Waals surface area (Å²) in [6, 6.07) is 15.0. The largest absolute Gasteiger partial charge is 0.459 e. The lowest BCUT2D eigenvalue weighted by atomic mass is 9.98. The number of rotatable bonds is 11. The molecule has 1 heterocycles. The van der Waals surface area contributed by atoms with Crippen LogP contribution in [0, 0.1) is 0 Å². The summed E-state index contributed by atoms with van der Waals surface area (Å²) < 4.78 is 4.96. The van der Waals surface area contributed by atoms with E-state index in [1.807, 2.05) is 6.07 Å². The van der Waals surface area contributed by atoms with Gasteiger partial charge in [-0.3, -0.25) is 4.79 Å². The number of hydrogen-bond donors (Lipinski definition) is 3. The number of benzene rings is 2. The number of nitrogens with zero attached hydrogens (tertiary/aromatic N) is 1. The van der Waals surface area contributed by atoms with E-state index in [4.69, 9.17) is 9.84 Å². The average Bonchev–Trinajstić information content (AvgIpc) is 2.87. The summed E-state index contributed by atoms with van der Waals surface area (Å²) in [7, 11) is 0. The highest BCUT2D eigenvalue weighted by molar-refractivity contribution is 5.89. The van der Waals surface area contributed by atoms with Crippen molar-refractivity contribution in [3.63, 3.8) is 0 Å². The van der Waals surface area contributed by atoms with E-state index in [0.717, 1.165) is 31.5 Å². The quantitative estimate of drug-likeness (QED) is 0.437. The van der Waals surface area contributed by atoms with Gasteiger partial charge in [-0.1, -0.05) is 43.7 Å². The smallest absolute Gasteiger partial charge is 0.338 e. The van der Waals surface area contributed by atoms with Gasteiger partial charge in [-0.25, -0.2) is 4.79 Å². The van der Waals surface area contributed by atoms with Gasteiger partial charge in [0.05, 0.1) is 24.6 Å². The van der Waals surface area contributed by atoms with Crippen LogP contribution in [0.5, 0.6) is 0 Å². The highest BCUT2D eigenvalue weighted by atomic mass is 16.5. The number of esters is 1. The normalized spacial score (nSPS) is 15.4. The number of aliphatic hydroxyl groups excluding tert-OH is 2. The van der Waals surface area contributed by atoms with E-state index in [-0.39, 0.29) is 25.0 Å². The monoisotopic (exact) mass is 468 g/mol. The first-order valence-corrected chi connectivity index (χ1v) is 12.2. The number of para-hydroxylation sites is 1. The Kier molecular flexibility index (Phi) is 9.91. The summed E-state index contributed by atoms with van der Waals surface area (Å²) in [5, 5.41) is 21.3. The SMILES string of the molecule is CCCC(NC(=O)Cc1ccc(C(=O)OCC(O)CO)cc1)c1ccccc1N1CCCCC1. The van der Waals surface area contributed by atoms with E-state index in [1.165, 1.54) is 30.5 Å². The third-order valence-corrected chi connectivity index (χ3v) is 6.09. The minimum absolute atomic E-state index is 0.0529. The molecular formula is C27H36N2O5. The maximum absolute atomic E-state index is 12.9. The molecule has 3 rings (SSSR count). The lowest BCUT2D eigenvalue weighted by Gasteiger charge is -2.32. The fraction of sp³-hybridized carbons (Fsp3) is 0.481. The first-order valence-electron chi connectivity index (χ1n) is 12.2. The summed E-state index contributed by atoms with van der Waals surface area (Å²) in [5.74, 6) is -0.644. The van der Waals surface area contributed by atoms with Crippen molar-refractivity contribution in [2.75, 3.05) is 31.2 Å².